The highest BCUT2D eigenvalue weighted by Crippen LogP contribution is 2.53. The summed E-state index contributed by atoms with van der Waals surface area (Å²) in [5.74, 6) is -0.116. The number of phenolic OH excluding ortho intramolecular Hbond substituents is 1. The Morgan fingerprint density at radius 1 is 0.418 bits per heavy atom. The Morgan fingerprint density at radius 2 is 0.762 bits per heavy atom. The fourth-order valence-electron chi connectivity index (χ4n) is 15.2. The smallest absolute Gasteiger partial charge is 0.321 e. The van der Waals surface area contributed by atoms with Gasteiger partial charge >= 0.3 is 23.9 Å². The Morgan fingerprint density at radius 3 is 1.11 bits per heavy atom. The number of carboxylic acids is 1. The van der Waals surface area contributed by atoms with Crippen LogP contribution in [0.3, 0.4) is 0 Å². The average Bonchev–Trinajstić information content (AvgIpc) is 1.48. The minimum absolute atomic E-state index is 0.140. The zero-order chi connectivity index (χ0) is 88.3. The number of methoxy groups -OCH3 is 3. The highest BCUT2D eigenvalue weighted by atomic mass is 31.2. The lowest BCUT2D eigenvalue weighted by Crippen LogP contribution is -2.37. The van der Waals surface area contributed by atoms with Gasteiger partial charge in [-0.15, -0.1) is 0 Å². The zero-order valence-electron chi connectivity index (χ0n) is 73.9. The number of benzene rings is 7. The summed E-state index contributed by atoms with van der Waals surface area (Å²) in [6, 6.07) is 58.1. The number of aliphatic carboxylic acids is 1. The van der Waals surface area contributed by atoms with E-state index >= 15 is 0 Å². The van der Waals surface area contributed by atoms with Crippen molar-refractivity contribution < 1.29 is 89.4 Å². The molecule has 1 aliphatic heterocycles. The Bertz CT molecular complexity index is 4100. The van der Waals surface area contributed by atoms with Crippen molar-refractivity contribution in [3.8, 4) is 17.2 Å². The molecule has 8 atom stereocenters. The number of unbranched alkanes of at least 4 members (excludes halogenated alkanes) is 2. The van der Waals surface area contributed by atoms with Crippen molar-refractivity contribution in [2.24, 2.45) is 29.6 Å². The summed E-state index contributed by atoms with van der Waals surface area (Å²) in [5, 5.41) is 25.2. The summed E-state index contributed by atoms with van der Waals surface area (Å²) >= 11 is 0. The second-order valence-corrected chi connectivity index (χ2v) is 42.5. The summed E-state index contributed by atoms with van der Waals surface area (Å²) in [7, 11) is -8.04. The van der Waals surface area contributed by atoms with Gasteiger partial charge in [0.1, 0.15) is 23.3 Å². The average molecular weight is 1760 g/mol. The fourth-order valence-corrected chi connectivity index (χ4v) is 24.5. The van der Waals surface area contributed by atoms with E-state index in [2.05, 4.69) is 10.4 Å². The van der Waals surface area contributed by atoms with Gasteiger partial charge in [-0.2, -0.15) is 0 Å². The van der Waals surface area contributed by atoms with Gasteiger partial charge in [0, 0.05) is 43.1 Å². The molecule has 0 bridgehead atoms. The SMILES string of the molecule is CCCP(=O)(C[C@H](Cc1ccc(C)cc1)C(=O)OC)OCc1ccccc1.CCCP(=O)(C[C@H](Cc1ccc(O)cc1)C(=O)OC)OCc1ccccc1.CCCP(=O)(C[C@H](Cc1ccc(OCCCCC2CCCCC2)cc1)C(=O)OC)OCc1ccccc1.CCCP(=O)(N[C@H](Cc1ccc(OCCCCC2CCNCC2)cc1)C(=O)O)OCC. The molecule has 21 nitrogen and oxygen atoms in total. The monoisotopic (exact) mass is 1760 g/mol. The van der Waals surface area contributed by atoms with E-state index in [0.717, 1.165) is 113 Å². The molecule has 122 heavy (non-hydrogen) atoms. The first-order chi connectivity index (χ1) is 58.9. The molecule has 9 rings (SSSR count). The number of rotatable bonds is 51. The third-order valence-corrected chi connectivity index (χ3v) is 32.3. The van der Waals surface area contributed by atoms with Crippen molar-refractivity contribution in [1.29, 1.82) is 0 Å². The molecule has 2 fully saturated rings. The Kier molecular flexibility index (Phi) is 49.0. The van der Waals surface area contributed by atoms with Gasteiger partial charge in [0.05, 0.1) is 78.7 Å². The maximum atomic E-state index is 13.7. The van der Waals surface area contributed by atoms with E-state index in [4.69, 9.17) is 41.8 Å². The second kappa shape index (κ2) is 57.9. The first kappa shape index (κ1) is 103. The van der Waals surface area contributed by atoms with Crippen LogP contribution in [0.2, 0.25) is 0 Å². The number of carbonyl (C=O) groups excluding carboxylic acids is 3. The molecule has 1 heterocycles. The maximum absolute atomic E-state index is 13.7. The lowest BCUT2D eigenvalue weighted by molar-refractivity contribution is -0.145. The standard InChI is InChI=1S/C31H45O5P.C23H39N2O5P.C22H29O4P.C21H27O5P/c1-3-22-37(33,36-24-28-15-8-5-9-16-28)25-29(31(32)34-2)23-27-17-19-30(20-18-27)35-21-11-10-14-26-12-6-4-7-13-26;1-3-17-31(28,30-4-2)25-22(23(26)27)18-20-8-10-21(11-9-20)29-16-6-5-7-19-12-14-24-15-13-19;1-4-14-27(24,26-16-20-8-6-5-7-9-20)17-21(22(23)25-3)15-19-12-10-18(2)11-13-19;1-3-13-27(24,26-15-18-7-5-4-6-8-18)16-19(21(23)25-2)14-17-9-11-20(22)12-10-17/h5,8-9,15-20,26,29H,3-4,6-7,10-14,21-25H2,1-2H3;8-11,19,22,24H,3-7,12-18H2,1-2H3,(H,25,28)(H,26,27);5-13,21H,4,14-17H2,1-3H3;4-12,19,22H,3,13-16H2,1-2H3/t29-,37?;22-,31?;21-,27?;19-,27?/m0100/s1. The molecule has 4 N–H and O–H groups in total. The number of aryl methyl sites for hydroxylation is 1. The predicted octanol–water partition coefficient (Wildman–Crippen LogP) is 22.4. The van der Waals surface area contributed by atoms with Gasteiger partial charge in [-0.1, -0.05) is 230 Å². The molecule has 7 aromatic rings. The molecule has 0 spiro atoms. The van der Waals surface area contributed by atoms with E-state index < -0.39 is 65.4 Å². The normalized spacial score (nSPS) is 15.9. The third-order valence-electron chi connectivity index (χ3n) is 21.8. The Hall–Kier alpha value is -7.50. The van der Waals surface area contributed by atoms with Crippen LogP contribution < -0.4 is 19.9 Å². The minimum atomic E-state index is -3.17. The fraction of sp³-hybridized carbons (Fsp3) is 0.526. The van der Waals surface area contributed by atoms with E-state index in [1.54, 1.807) is 31.2 Å². The number of esters is 3. The van der Waals surface area contributed by atoms with Gasteiger partial charge in [0.25, 0.3) is 7.52 Å². The number of ether oxygens (including phenoxy) is 5. The molecule has 7 aromatic carbocycles. The van der Waals surface area contributed by atoms with E-state index in [-0.39, 0.29) is 69.0 Å². The van der Waals surface area contributed by atoms with Crippen LogP contribution in [0.25, 0.3) is 0 Å². The lowest BCUT2D eigenvalue weighted by atomic mass is 9.86. The summed E-state index contributed by atoms with van der Waals surface area (Å²) in [5.41, 5.74) is 7.79. The van der Waals surface area contributed by atoms with Gasteiger partial charge in [-0.25, -0.2) is 5.09 Å². The number of phenols is 1. The molecular formula is C97H140N2O19P4. The van der Waals surface area contributed by atoms with Crippen LogP contribution in [-0.2, 0) is 115 Å². The van der Waals surface area contributed by atoms with E-state index in [1.807, 2.05) is 198 Å². The number of carbonyl (C=O) groups is 4. The van der Waals surface area contributed by atoms with Crippen LogP contribution in [0.15, 0.2) is 188 Å². The van der Waals surface area contributed by atoms with Gasteiger partial charge in [0.2, 0.25) is 22.1 Å². The summed E-state index contributed by atoms with van der Waals surface area (Å²) < 4.78 is 103. The van der Waals surface area contributed by atoms with Crippen molar-refractivity contribution in [1.82, 2.24) is 10.4 Å². The van der Waals surface area contributed by atoms with Crippen molar-refractivity contribution in [2.45, 2.75) is 202 Å². The van der Waals surface area contributed by atoms with Gasteiger partial charge in [-0.3, -0.25) is 37.4 Å². The summed E-state index contributed by atoms with van der Waals surface area (Å²) in [6.07, 6.45) is 23.3. The van der Waals surface area contributed by atoms with E-state index in [0.29, 0.717) is 63.4 Å². The third kappa shape index (κ3) is 41.1. The number of carboxylic acid groups (broad SMARTS) is 1. The number of hydrogen-bond acceptors (Lipinski definition) is 19. The van der Waals surface area contributed by atoms with E-state index in [1.165, 1.54) is 92.0 Å². The number of piperidine rings is 1. The molecule has 0 aromatic heterocycles. The highest BCUT2D eigenvalue weighted by Gasteiger charge is 2.36. The van der Waals surface area contributed by atoms with Crippen LogP contribution >= 0.6 is 29.6 Å². The van der Waals surface area contributed by atoms with Crippen LogP contribution in [0, 0.1) is 36.5 Å². The Labute approximate surface area is 728 Å². The molecule has 1 saturated heterocycles. The topological polar surface area (TPSA) is 284 Å². The summed E-state index contributed by atoms with van der Waals surface area (Å²) in [6.45, 7) is 16.4. The lowest BCUT2D eigenvalue weighted by Gasteiger charge is -2.23. The van der Waals surface area contributed by atoms with Crippen LogP contribution in [-0.4, -0.2) is 138 Å². The zero-order valence-corrected chi connectivity index (χ0v) is 77.5. The quantitative estimate of drug-likeness (QED) is 0.0119. The van der Waals surface area contributed by atoms with Gasteiger partial charge < -0.3 is 57.3 Å². The molecule has 1 saturated carbocycles. The van der Waals surface area contributed by atoms with E-state index in [9.17, 15) is 47.7 Å². The van der Waals surface area contributed by atoms with Crippen molar-refractivity contribution in [2.75, 3.05) is 97.4 Å². The first-order valence-corrected chi connectivity index (χ1v) is 51.9. The predicted molar refractivity (Wildman–Crippen MR) is 490 cm³/mol. The maximum Gasteiger partial charge on any atom is 0.321 e. The Balaban J connectivity index is 0.000000254. The number of aromatic hydroxyl groups is 1. The van der Waals surface area contributed by atoms with Crippen molar-refractivity contribution >= 4 is 53.5 Å². The second-order valence-electron chi connectivity index (χ2n) is 32.1. The molecule has 4 unspecified atom stereocenters. The van der Waals surface area contributed by atoms with Crippen LogP contribution in [0.4, 0.5) is 0 Å². The van der Waals surface area contributed by atoms with Crippen molar-refractivity contribution in [3.05, 3.63) is 233 Å². The van der Waals surface area contributed by atoms with Crippen LogP contribution in [0.5, 0.6) is 17.2 Å². The minimum Gasteiger partial charge on any atom is -0.508 e. The van der Waals surface area contributed by atoms with Gasteiger partial charge in [0.15, 0.2) is 0 Å². The molecular weight excluding hydrogens is 1620 g/mol. The molecule has 1 aliphatic carbocycles. The largest absolute Gasteiger partial charge is 0.508 e. The number of hydrogen-bond donors (Lipinski definition) is 4. The van der Waals surface area contributed by atoms with Crippen molar-refractivity contribution in [3.63, 3.8) is 0 Å². The van der Waals surface area contributed by atoms with Gasteiger partial charge in [-0.05, 0) is 204 Å². The van der Waals surface area contributed by atoms with Crippen LogP contribution in [0.1, 0.15) is 188 Å². The highest BCUT2D eigenvalue weighted by molar-refractivity contribution is 7.59. The molecule has 2 aliphatic rings. The first-order valence-electron chi connectivity index (χ1n) is 44.1. The molecule has 0 radical (unpaired) electrons. The molecule has 25 heteroatoms. The summed E-state index contributed by atoms with van der Waals surface area (Å²) in [4.78, 5) is 49.0. The molecule has 672 valence electrons. The molecule has 0 amide bonds. The number of nitrogens with one attached hydrogen (secondary N) is 2.